The molecule has 1 aliphatic carbocycles. The maximum Gasteiger partial charge on any atom is 0.230 e. The van der Waals surface area contributed by atoms with Crippen LogP contribution in [0.25, 0.3) is 10.7 Å². The Hall–Kier alpha value is -1.27. The van der Waals surface area contributed by atoms with Crippen LogP contribution in [0.4, 0.5) is 0 Å². The van der Waals surface area contributed by atoms with Crippen LogP contribution in [0.1, 0.15) is 31.1 Å². The fourth-order valence-electron chi connectivity index (χ4n) is 2.07. The average molecular weight is 236 g/mol. The molecular weight excluding hydrogens is 224 g/mol. The molecule has 2 heterocycles. The van der Waals surface area contributed by atoms with E-state index in [1.54, 1.807) is 11.7 Å². The molecule has 1 saturated carbocycles. The van der Waals surface area contributed by atoms with Gasteiger partial charge >= 0.3 is 0 Å². The van der Waals surface area contributed by atoms with Crippen molar-refractivity contribution in [3.8, 4) is 10.7 Å². The Morgan fingerprint density at radius 2 is 2.38 bits per heavy atom. The summed E-state index contributed by atoms with van der Waals surface area (Å²) in [5.74, 6) is 1.69. The van der Waals surface area contributed by atoms with Gasteiger partial charge in [0, 0.05) is 18.2 Å². The molecule has 0 radical (unpaired) electrons. The predicted molar refractivity (Wildman–Crippen MR) is 60.0 cm³/mol. The number of aromatic nitrogens is 3. The molecule has 2 atom stereocenters. The van der Waals surface area contributed by atoms with Gasteiger partial charge in [-0.15, -0.1) is 11.3 Å². The lowest BCUT2D eigenvalue weighted by atomic mass is 10.1. The van der Waals surface area contributed by atoms with E-state index in [-0.39, 0.29) is 6.04 Å². The molecule has 0 bridgehead atoms. The lowest BCUT2D eigenvalue weighted by Gasteiger charge is -2.01. The predicted octanol–water partition coefficient (Wildman–Crippen LogP) is 1.79. The van der Waals surface area contributed by atoms with E-state index in [9.17, 15) is 0 Å². The largest absolute Gasteiger partial charge is 0.339 e. The topological polar surface area (TPSA) is 77.8 Å². The van der Waals surface area contributed by atoms with Gasteiger partial charge in [0.1, 0.15) is 0 Å². The van der Waals surface area contributed by atoms with Gasteiger partial charge in [-0.3, -0.25) is 4.98 Å². The van der Waals surface area contributed by atoms with Gasteiger partial charge in [0.15, 0.2) is 0 Å². The molecule has 0 aromatic carbocycles. The third kappa shape index (κ3) is 1.74. The zero-order valence-electron chi connectivity index (χ0n) is 8.67. The van der Waals surface area contributed by atoms with Crippen LogP contribution in [0, 0.1) is 0 Å². The fourth-order valence-corrected chi connectivity index (χ4v) is 2.61. The van der Waals surface area contributed by atoms with E-state index in [1.807, 2.05) is 0 Å². The summed E-state index contributed by atoms with van der Waals surface area (Å²) < 4.78 is 5.28. The molecule has 0 spiro atoms. The van der Waals surface area contributed by atoms with Gasteiger partial charge in [-0.2, -0.15) is 4.98 Å². The maximum atomic E-state index is 5.87. The summed E-state index contributed by atoms with van der Waals surface area (Å²) in [7, 11) is 0. The number of hydrogen-bond donors (Lipinski definition) is 1. The first kappa shape index (κ1) is 9.92. The molecule has 16 heavy (non-hydrogen) atoms. The van der Waals surface area contributed by atoms with E-state index in [0.29, 0.717) is 11.7 Å². The molecule has 2 aromatic rings. The standard InChI is InChI=1S/C10H12N4OS/c11-7-2-1-6(3-7)10-13-9(14-15-10)8-4-12-5-16-8/h4-7H,1-3,11H2/t6-,7+/m1/s1. The summed E-state index contributed by atoms with van der Waals surface area (Å²) in [6.45, 7) is 0. The quantitative estimate of drug-likeness (QED) is 0.860. The van der Waals surface area contributed by atoms with Gasteiger partial charge in [-0.25, -0.2) is 0 Å². The Balaban J connectivity index is 1.83. The van der Waals surface area contributed by atoms with Crippen molar-refractivity contribution in [1.29, 1.82) is 0 Å². The molecule has 0 unspecified atom stereocenters. The lowest BCUT2D eigenvalue weighted by Crippen LogP contribution is -2.14. The Bertz CT molecular complexity index is 467. The van der Waals surface area contributed by atoms with Crippen LogP contribution in [-0.2, 0) is 0 Å². The van der Waals surface area contributed by atoms with Gasteiger partial charge in [0.2, 0.25) is 11.7 Å². The molecule has 0 amide bonds. The Kier molecular flexibility index (Phi) is 2.45. The van der Waals surface area contributed by atoms with Gasteiger partial charge in [-0.1, -0.05) is 5.16 Å². The van der Waals surface area contributed by atoms with Crippen LogP contribution in [0.15, 0.2) is 16.2 Å². The molecule has 5 nitrogen and oxygen atoms in total. The molecule has 84 valence electrons. The van der Waals surface area contributed by atoms with Crippen molar-refractivity contribution in [3.05, 3.63) is 17.6 Å². The van der Waals surface area contributed by atoms with Gasteiger partial charge < -0.3 is 10.3 Å². The molecule has 1 fully saturated rings. The minimum Gasteiger partial charge on any atom is -0.339 e. The Labute approximate surface area is 96.7 Å². The van der Waals surface area contributed by atoms with Crippen LogP contribution < -0.4 is 5.73 Å². The summed E-state index contributed by atoms with van der Waals surface area (Å²) >= 11 is 1.51. The van der Waals surface area contributed by atoms with Gasteiger partial charge in [-0.05, 0) is 19.3 Å². The summed E-state index contributed by atoms with van der Waals surface area (Å²) in [5, 5.41) is 3.97. The van der Waals surface area contributed by atoms with Crippen molar-refractivity contribution >= 4 is 11.3 Å². The van der Waals surface area contributed by atoms with Crippen molar-refractivity contribution in [1.82, 2.24) is 15.1 Å². The van der Waals surface area contributed by atoms with Crippen LogP contribution in [-0.4, -0.2) is 21.2 Å². The second kappa shape index (κ2) is 3.95. The number of hydrogen-bond acceptors (Lipinski definition) is 6. The normalized spacial score (nSPS) is 25.1. The van der Waals surface area contributed by atoms with Crippen LogP contribution in [0.2, 0.25) is 0 Å². The minimum absolute atomic E-state index is 0.281. The first-order valence-electron chi connectivity index (χ1n) is 5.31. The van der Waals surface area contributed by atoms with E-state index in [1.165, 1.54) is 11.3 Å². The minimum atomic E-state index is 0.281. The summed E-state index contributed by atoms with van der Waals surface area (Å²) in [6.07, 6.45) is 4.79. The zero-order chi connectivity index (χ0) is 11.0. The highest BCUT2D eigenvalue weighted by molar-refractivity contribution is 7.13. The molecule has 0 aliphatic heterocycles. The van der Waals surface area contributed by atoms with Crippen molar-refractivity contribution < 1.29 is 4.52 Å². The van der Waals surface area contributed by atoms with Gasteiger partial charge in [0.25, 0.3) is 0 Å². The third-order valence-corrected chi connectivity index (χ3v) is 3.69. The van der Waals surface area contributed by atoms with Crippen molar-refractivity contribution in [2.24, 2.45) is 5.73 Å². The molecule has 2 aromatic heterocycles. The number of thiazole rings is 1. The zero-order valence-corrected chi connectivity index (χ0v) is 9.48. The molecule has 3 rings (SSSR count). The van der Waals surface area contributed by atoms with E-state index in [4.69, 9.17) is 10.3 Å². The van der Waals surface area contributed by atoms with Gasteiger partial charge in [0.05, 0.1) is 10.4 Å². The molecule has 6 heteroatoms. The number of nitrogens with two attached hydrogens (primary N) is 1. The number of rotatable bonds is 2. The first-order valence-corrected chi connectivity index (χ1v) is 6.19. The maximum absolute atomic E-state index is 5.87. The van der Waals surface area contributed by atoms with Crippen LogP contribution in [0.3, 0.4) is 0 Å². The fraction of sp³-hybridized carbons (Fsp3) is 0.500. The smallest absolute Gasteiger partial charge is 0.230 e. The number of nitrogens with zero attached hydrogens (tertiary/aromatic N) is 3. The Morgan fingerprint density at radius 1 is 1.44 bits per heavy atom. The average Bonchev–Trinajstić information content (AvgIpc) is 2.97. The molecular formula is C10H12N4OS. The van der Waals surface area contributed by atoms with Crippen molar-refractivity contribution in [3.63, 3.8) is 0 Å². The monoisotopic (exact) mass is 236 g/mol. The second-order valence-corrected chi connectivity index (χ2v) is 4.98. The molecule has 0 saturated heterocycles. The van der Waals surface area contributed by atoms with E-state index < -0.39 is 0 Å². The lowest BCUT2D eigenvalue weighted by molar-refractivity contribution is 0.353. The third-order valence-electron chi connectivity index (χ3n) is 2.92. The van der Waals surface area contributed by atoms with E-state index in [2.05, 4.69) is 15.1 Å². The summed E-state index contributed by atoms with van der Waals surface area (Å²) in [4.78, 5) is 9.34. The summed E-state index contributed by atoms with van der Waals surface area (Å²) in [5.41, 5.74) is 7.63. The highest BCUT2D eigenvalue weighted by Crippen LogP contribution is 2.33. The molecule has 1 aliphatic rings. The van der Waals surface area contributed by atoms with E-state index in [0.717, 1.165) is 30.0 Å². The molecule has 2 N–H and O–H groups in total. The van der Waals surface area contributed by atoms with E-state index >= 15 is 0 Å². The van der Waals surface area contributed by atoms with Crippen LogP contribution in [0.5, 0.6) is 0 Å². The van der Waals surface area contributed by atoms with Crippen LogP contribution >= 0.6 is 11.3 Å². The summed E-state index contributed by atoms with van der Waals surface area (Å²) in [6, 6.07) is 0.281. The van der Waals surface area contributed by atoms with Crippen molar-refractivity contribution in [2.75, 3.05) is 0 Å². The van der Waals surface area contributed by atoms with Crippen molar-refractivity contribution in [2.45, 2.75) is 31.2 Å². The highest BCUT2D eigenvalue weighted by atomic mass is 32.1. The SMILES string of the molecule is N[C@H]1CC[C@@H](c2nc(-c3cncs3)no2)C1. The second-order valence-electron chi connectivity index (χ2n) is 4.09. The first-order chi connectivity index (χ1) is 7.83. The highest BCUT2D eigenvalue weighted by Gasteiger charge is 2.28. The Morgan fingerprint density at radius 3 is 3.06 bits per heavy atom.